The molecule has 3 aliphatic heterocycles. The summed E-state index contributed by atoms with van der Waals surface area (Å²) in [6, 6.07) is 20.1. The van der Waals surface area contributed by atoms with Crippen LogP contribution >= 0.6 is 11.6 Å². The minimum Gasteiger partial charge on any atom is -0.493 e. The van der Waals surface area contributed by atoms with Gasteiger partial charge in [0.25, 0.3) is 11.8 Å². The first-order valence-corrected chi connectivity index (χ1v) is 20.8. The van der Waals surface area contributed by atoms with Crippen LogP contribution in [0.5, 0.6) is 11.5 Å². The normalized spacial score (nSPS) is 23.7. The number of hydrogen-bond acceptors (Lipinski definition) is 9. The molecule has 13 heteroatoms. The van der Waals surface area contributed by atoms with Gasteiger partial charge in [0.05, 0.1) is 23.7 Å². The summed E-state index contributed by atoms with van der Waals surface area (Å²) in [6.45, 7) is 13.0. The van der Waals surface area contributed by atoms with E-state index in [-0.39, 0.29) is 53.7 Å². The minimum absolute atomic E-state index is 0.106. The van der Waals surface area contributed by atoms with E-state index >= 15 is 0 Å². The summed E-state index contributed by atoms with van der Waals surface area (Å²) in [4.78, 5) is 54.9. The number of piperazine rings is 1. The number of nitrogens with one attached hydrogen (secondary N) is 3. The summed E-state index contributed by atoms with van der Waals surface area (Å²) >= 11 is 6.25. The molecule has 306 valence electrons. The number of piperidine rings is 1. The molecule has 1 aliphatic carbocycles. The molecule has 4 aliphatic rings. The average molecular weight is 809 g/mol. The van der Waals surface area contributed by atoms with Crippen molar-refractivity contribution in [2.24, 2.45) is 10.8 Å². The predicted octanol–water partition coefficient (Wildman–Crippen LogP) is 5.65. The lowest BCUT2D eigenvalue weighted by molar-refractivity contribution is -0.164. The highest BCUT2D eigenvalue weighted by Gasteiger charge is 2.64. The minimum atomic E-state index is -0.656. The standard InChI is InChI=1S/C45H53ClN6O6/c1-44(2)42(45(3,4)43(44)58-32-16-15-30(25-47)35(46)24-32)50-39(54)29-13-11-28(12-14-29)8-5-6-21-51-22-20-48-26-31(51)19-23-57-37-10-7-9-33-34(37)27-52(41(33)56)36-17-18-38(53)49-40(36)55/h7,9-16,24,31,36,42-43,48H,5-6,8,17-23,26-27H2,1-4H3,(H,50,54)(H,49,53,55)/t31?,36-,42?,43?/m0/s1. The molecule has 0 aromatic heterocycles. The number of hydrogen-bond donors (Lipinski definition) is 3. The highest BCUT2D eigenvalue weighted by molar-refractivity contribution is 6.31. The first-order chi connectivity index (χ1) is 27.8. The number of fused-ring (bicyclic) bond motifs is 1. The van der Waals surface area contributed by atoms with Gasteiger partial charge < -0.3 is 25.0 Å². The molecule has 3 heterocycles. The summed E-state index contributed by atoms with van der Waals surface area (Å²) in [7, 11) is 0. The molecule has 0 radical (unpaired) electrons. The third kappa shape index (κ3) is 8.44. The molecule has 2 saturated heterocycles. The Morgan fingerprint density at radius 3 is 2.53 bits per heavy atom. The van der Waals surface area contributed by atoms with Crippen LogP contribution in [0.1, 0.15) is 97.2 Å². The highest BCUT2D eigenvalue weighted by atomic mass is 35.5. The summed E-state index contributed by atoms with van der Waals surface area (Å²) in [5, 5.41) is 18.7. The van der Waals surface area contributed by atoms with Gasteiger partial charge in [0.1, 0.15) is 29.7 Å². The number of nitriles is 1. The summed E-state index contributed by atoms with van der Waals surface area (Å²) in [5.74, 6) is 0.237. The Bertz CT molecular complexity index is 2080. The number of amides is 4. The van der Waals surface area contributed by atoms with Gasteiger partial charge in [0.15, 0.2) is 0 Å². The topological polar surface area (TPSA) is 153 Å². The fourth-order valence-corrected chi connectivity index (χ4v) is 9.87. The third-order valence-electron chi connectivity index (χ3n) is 12.5. The van der Waals surface area contributed by atoms with Crippen LogP contribution in [0, 0.1) is 22.2 Å². The zero-order chi connectivity index (χ0) is 41.2. The van der Waals surface area contributed by atoms with E-state index in [4.69, 9.17) is 21.1 Å². The van der Waals surface area contributed by atoms with Crippen molar-refractivity contribution in [1.82, 2.24) is 25.8 Å². The van der Waals surface area contributed by atoms with Crippen molar-refractivity contribution in [3.05, 3.63) is 93.5 Å². The van der Waals surface area contributed by atoms with Crippen molar-refractivity contribution in [2.45, 2.75) is 97.0 Å². The highest BCUT2D eigenvalue weighted by Crippen LogP contribution is 2.55. The maximum absolute atomic E-state index is 13.4. The number of ether oxygens (including phenoxy) is 2. The molecule has 3 fully saturated rings. The van der Waals surface area contributed by atoms with Crippen LogP contribution in [0.3, 0.4) is 0 Å². The zero-order valence-corrected chi connectivity index (χ0v) is 34.5. The zero-order valence-electron chi connectivity index (χ0n) is 33.7. The first-order valence-electron chi connectivity index (χ1n) is 20.4. The molecule has 0 bridgehead atoms. The quantitative estimate of drug-likeness (QED) is 0.139. The van der Waals surface area contributed by atoms with E-state index in [1.807, 2.05) is 24.3 Å². The summed E-state index contributed by atoms with van der Waals surface area (Å²) < 4.78 is 12.7. The second-order valence-electron chi connectivity index (χ2n) is 17.2. The number of benzene rings is 3. The van der Waals surface area contributed by atoms with Crippen molar-refractivity contribution in [3.8, 4) is 17.6 Å². The Morgan fingerprint density at radius 1 is 1.03 bits per heavy atom. The number of aryl methyl sites for hydroxylation is 1. The molecule has 2 atom stereocenters. The van der Waals surface area contributed by atoms with Crippen LogP contribution in [0.4, 0.5) is 0 Å². The Balaban J connectivity index is 0.849. The van der Waals surface area contributed by atoms with Crippen LogP contribution in [-0.4, -0.2) is 90.4 Å². The lowest BCUT2D eigenvalue weighted by Crippen LogP contribution is -2.74. The molecule has 1 saturated carbocycles. The van der Waals surface area contributed by atoms with Crippen LogP contribution in [0.25, 0.3) is 0 Å². The lowest BCUT2D eigenvalue weighted by Gasteiger charge is -2.63. The van der Waals surface area contributed by atoms with Gasteiger partial charge in [-0.15, -0.1) is 0 Å². The van der Waals surface area contributed by atoms with Crippen molar-refractivity contribution >= 4 is 35.2 Å². The van der Waals surface area contributed by atoms with E-state index in [0.29, 0.717) is 52.3 Å². The van der Waals surface area contributed by atoms with Gasteiger partial charge in [-0.2, -0.15) is 5.26 Å². The number of carbonyl (C=O) groups excluding carboxylic acids is 4. The van der Waals surface area contributed by atoms with Crippen molar-refractivity contribution in [3.63, 3.8) is 0 Å². The molecule has 58 heavy (non-hydrogen) atoms. The molecule has 1 unspecified atom stereocenters. The molecular formula is C45H53ClN6O6. The molecule has 0 spiro atoms. The van der Waals surface area contributed by atoms with E-state index in [1.165, 1.54) is 5.56 Å². The van der Waals surface area contributed by atoms with Crippen molar-refractivity contribution < 1.29 is 28.7 Å². The number of halogens is 1. The fourth-order valence-electron chi connectivity index (χ4n) is 9.66. The number of nitrogens with zero attached hydrogens (tertiary/aromatic N) is 3. The van der Waals surface area contributed by atoms with Crippen LogP contribution in [-0.2, 0) is 22.6 Å². The summed E-state index contributed by atoms with van der Waals surface area (Å²) in [6.07, 6.45) is 4.21. The first kappa shape index (κ1) is 41.2. The number of rotatable bonds is 14. The lowest BCUT2D eigenvalue weighted by atomic mass is 9.49. The van der Waals surface area contributed by atoms with E-state index in [9.17, 15) is 24.4 Å². The van der Waals surface area contributed by atoms with Gasteiger partial charge >= 0.3 is 0 Å². The van der Waals surface area contributed by atoms with Gasteiger partial charge in [0.2, 0.25) is 11.8 Å². The summed E-state index contributed by atoms with van der Waals surface area (Å²) in [5.41, 5.74) is 2.89. The SMILES string of the molecule is CC1(C)C(NC(=O)c2ccc(CCCCN3CCNCC3CCOc3cccc4c3CN([C@H]3CCC(=O)NC3=O)C4=O)cc2)C(C)(C)C1Oc1ccc(C#N)c(Cl)c1. The molecule has 7 rings (SSSR count). The van der Waals surface area contributed by atoms with Gasteiger partial charge in [-0.1, -0.05) is 57.5 Å². The number of imide groups is 1. The van der Waals surface area contributed by atoms with Gasteiger partial charge in [-0.25, -0.2) is 0 Å². The monoisotopic (exact) mass is 808 g/mol. The van der Waals surface area contributed by atoms with Crippen LogP contribution in [0.2, 0.25) is 5.02 Å². The fraction of sp³-hybridized carbons (Fsp3) is 0.489. The van der Waals surface area contributed by atoms with Crippen LogP contribution in [0.15, 0.2) is 60.7 Å². The van der Waals surface area contributed by atoms with Crippen molar-refractivity contribution in [2.75, 3.05) is 32.8 Å². The van der Waals surface area contributed by atoms with Gasteiger partial charge in [-0.3, -0.25) is 29.4 Å². The largest absolute Gasteiger partial charge is 0.493 e. The Labute approximate surface area is 345 Å². The Morgan fingerprint density at radius 2 is 1.81 bits per heavy atom. The van der Waals surface area contributed by atoms with Gasteiger partial charge in [0, 0.05) is 71.7 Å². The molecule has 3 aromatic rings. The molecule has 3 aromatic carbocycles. The van der Waals surface area contributed by atoms with Gasteiger partial charge in [-0.05, 0) is 80.6 Å². The Hall–Kier alpha value is -4.96. The Kier molecular flexibility index (Phi) is 12.1. The number of unbranched alkanes of at least 4 members (excludes halogenated alkanes) is 1. The molecule has 4 amide bonds. The maximum Gasteiger partial charge on any atom is 0.255 e. The average Bonchev–Trinajstić information content (AvgIpc) is 3.54. The smallest absolute Gasteiger partial charge is 0.255 e. The van der Waals surface area contributed by atoms with E-state index in [0.717, 1.165) is 57.4 Å². The molecule has 3 N–H and O–H groups in total. The van der Waals surface area contributed by atoms with Crippen molar-refractivity contribution in [1.29, 1.82) is 5.26 Å². The number of carbonyl (C=O) groups is 4. The second kappa shape index (κ2) is 17.1. The molecular weight excluding hydrogens is 756 g/mol. The van der Waals surface area contributed by atoms with E-state index in [2.05, 4.69) is 66.7 Å². The third-order valence-corrected chi connectivity index (χ3v) is 12.8. The predicted molar refractivity (Wildman–Crippen MR) is 220 cm³/mol. The molecule has 12 nitrogen and oxygen atoms in total. The van der Waals surface area contributed by atoms with E-state index < -0.39 is 11.9 Å². The van der Waals surface area contributed by atoms with E-state index in [1.54, 1.807) is 29.2 Å². The van der Waals surface area contributed by atoms with Crippen LogP contribution < -0.4 is 25.4 Å². The second-order valence-corrected chi connectivity index (χ2v) is 17.6. The maximum atomic E-state index is 13.4.